The second kappa shape index (κ2) is 11.6. The summed E-state index contributed by atoms with van der Waals surface area (Å²) in [5, 5.41) is 13.9. The number of halogens is 3. The minimum absolute atomic E-state index is 0.0312. The summed E-state index contributed by atoms with van der Waals surface area (Å²) in [5.41, 5.74) is 5.71. The number of hydrogen-bond donors (Lipinski definition) is 3. The summed E-state index contributed by atoms with van der Waals surface area (Å²) in [5.74, 6) is -2.00. The minimum Gasteiger partial charge on any atom is -0.550 e. The van der Waals surface area contributed by atoms with Crippen LogP contribution in [0, 0.1) is 17.8 Å². The molecule has 3 amide bonds. The van der Waals surface area contributed by atoms with Gasteiger partial charge in [-0.05, 0) is 48.9 Å². The van der Waals surface area contributed by atoms with Crippen molar-refractivity contribution in [3.63, 3.8) is 0 Å². The van der Waals surface area contributed by atoms with Crippen LogP contribution in [0.4, 0.5) is 23.7 Å². The number of alkyl halides is 3. The maximum absolute atomic E-state index is 12.8. The van der Waals surface area contributed by atoms with Gasteiger partial charge in [-0.25, -0.2) is 4.79 Å². The summed E-state index contributed by atoms with van der Waals surface area (Å²) in [4.78, 5) is 38.3. The fourth-order valence-corrected chi connectivity index (χ4v) is 4.97. The number of aliphatic carboxylic acids is 1. The number of carboxylic acids is 1. The van der Waals surface area contributed by atoms with Crippen molar-refractivity contribution in [1.82, 2.24) is 4.90 Å². The Morgan fingerprint density at radius 2 is 1.77 bits per heavy atom. The molecule has 0 aromatic heterocycles. The first-order valence-corrected chi connectivity index (χ1v) is 11.7. The second-order valence-corrected chi connectivity index (χ2v) is 9.30. The van der Waals surface area contributed by atoms with E-state index >= 15 is 0 Å². The third kappa shape index (κ3) is 8.30. The Balaban J connectivity index is 1.55. The predicted octanol–water partition coefficient (Wildman–Crippen LogP) is 0.366. The van der Waals surface area contributed by atoms with Gasteiger partial charge in [0.1, 0.15) is 5.75 Å². The van der Waals surface area contributed by atoms with E-state index in [-0.39, 0.29) is 35.8 Å². The van der Waals surface area contributed by atoms with Crippen LogP contribution in [0.2, 0.25) is 0 Å². The molecule has 2 heterocycles. The van der Waals surface area contributed by atoms with Crippen LogP contribution in [-0.2, 0) is 9.59 Å². The summed E-state index contributed by atoms with van der Waals surface area (Å²) in [6.45, 7) is 3.19. The molecule has 2 aliphatic rings. The zero-order valence-corrected chi connectivity index (χ0v) is 19.3. The van der Waals surface area contributed by atoms with Gasteiger partial charge < -0.3 is 35.5 Å². The van der Waals surface area contributed by atoms with Gasteiger partial charge in [-0.1, -0.05) is 0 Å². The highest BCUT2D eigenvalue weighted by molar-refractivity contribution is 5.89. The number of nitrogens with one attached hydrogen (secondary N) is 2. The van der Waals surface area contributed by atoms with Gasteiger partial charge in [0.05, 0.1) is 19.6 Å². The molecule has 3 rings (SSSR count). The number of anilines is 1. The van der Waals surface area contributed by atoms with Crippen LogP contribution in [0.15, 0.2) is 24.3 Å². The lowest BCUT2D eigenvalue weighted by Gasteiger charge is -2.39. The molecule has 0 spiro atoms. The first-order valence-electron chi connectivity index (χ1n) is 11.7. The van der Waals surface area contributed by atoms with Crippen molar-refractivity contribution in [1.29, 1.82) is 0 Å². The number of carboxylic acid groups (broad SMARTS) is 1. The van der Waals surface area contributed by atoms with Crippen molar-refractivity contribution in [2.45, 2.75) is 38.5 Å². The van der Waals surface area contributed by atoms with Crippen molar-refractivity contribution in [2.75, 3.05) is 38.0 Å². The smallest absolute Gasteiger partial charge is 0.550 e. The van der Waals surface area contributed by atoms with E-state index in [1.165, 1.54) is 17.0 Å². The highest BCUT2D eigenvalue weighted by Crippen LogP contribution is 2.29. The Hall–Kier alpha value is -3.02. The number of nitrogens with two attached hydrogens (primary N) is 1. The van der Waals surface area contributed by atoms with Crippen LogP contribution >= 0.6 is 0 Å². The van der Waals surface area contributed by atoms with Crippen LogP contribution in [0.5, 0.6) is 5.75 Å². The molecule has 35 heavy (non-hydrogen) atoms. The van der Waals surface area contributed by atoms with Crippen LogP contribution in [0.1, 0.15) is 32.1 Å². The average Bonchev–Trinajstić information content (AvgIpc) is 2.78. The number of carbonyl (C=O) groups is 3. The maximum atomic E-state index is 12.8. The largest absolute Gasteiger partial charge is 0.573 e. The second-order valence-electron chi connectivity index (χ2n) is 9.30. The fourth-order valence-electron chi connectivity index (χ4n) is 4.97. The Labute approximate surface area is 201 Å². The Kier molecular flexibility index (Phi) is 8.82. The molecule has 0 bridgehead atoms. The highest BCUT2D eigenvalue weighted by atomic mass is 19.4. The lowest BCUT2D eigenvalue weighted by Crippen LogP contribution is -3.13. The summed E-state index contributed by atoms with van der Waals surface area (Å²) in [6.07, 6.45) is -2.15. The van der Waals surface area contributed by atoms with Gasteiger partial charge in [0.2, 0.25) is 5.91 Å². The predicted molar refractivity (Wildman–Crippen MR) is 117 cm³/mol. The van der Waals surface area contributed by atoms with Gasteiger partial charge in [0, 0.05) is 49.9 Å². The Morgan fingerprint density at radius 3 is 2.34 bits per heavy atom. The zero-order chi connectivity index (χ0) is 25.6. The lowest BCUT2D eigenvalue weighted by molar-refractivity contribution is -0.906. The van der Waals surface area contributed by atoms with Gasteiger partial charge in [-0.3, -0.25) is 4.79 Å². The number of urea groups is 1. The van der Waals surface area contributed by atoms with Gasteiger partial charge in [0.15, 0.2) is 0 Å². The Bertz CT molecular complexity index is 888. The summed E-state index contributed by atoms with van der Waals surface area (Å²) < 4.78 is 40.8. The van der Waals surface area contributed by atoms with Crippen molar-refractivity contribution in [3.8, 4) is 5.75 Å². The number of rotatable bonds is 8. The molecule has 0 saturated carbocycles. The minimum atomic E-state index is -4.80. The van der Waals surface area contributed by atoms with E-state index < -0.39 is 18.4 Å². The zero-order valence-electron chi connectivity index (χ0n) is 19.3. The molecule has 1 aromatic carbocycles. The number of quaternary nitrogens is 1. The van der Waals surface area contributed by atoms with E-state index in [1.807, 2.05) is 0 Å². The van der Waals surface area contributed by atoms with Crippen LogP contribution in [0.25, 0.3) is 0 Å². The number of primary amides is 1. The first kappa shape index (κ1) is 26.6. The van der Waals surface area contributed by atoms with Crippen molar-refractivity contribution >= 4 is 23.6 Å². The van der Waals surface area contributed by atoms with Crippen molar-refractivity contribution in [2.24, 2.45) is 23.5 Å². The average molecular weight is 501 g/mol. The normalized spacial score (nSPS) is 25.1. The van der Waals surface area contributed by atoms with E-state index in [4.69, 9.17) is 5.73 Å². The number of ether oxygens (including phenoxy) is 1. The Morgan fingerprint density at radius 1 is 1.11 bits per heavy atom. The standard InChI is InChI=1S/C23H31F3N4O5/c24-23(25,26)35-19-3-1-18(2-4-19)28-22(34)30-12-8-16(13-20(31)32)17(14-30)7-11-29-9-5-15(6-10-29)21(27)33/h1-4,15-17H,5-14H2,(H2,27,33)(H,28,34)(H,31,32)/t16-,17-/m0/s1. The van der Waals surface area contributed by atoms with E-state index in [1.54, 1.807) is 4.90 Å². The van der Waals surface area contributed by atoms with Crippen molar-refractivity contribution in [3.05, 3.63) is 24.3 Å². The molecule has 2 aliphatic heterocycles. The number of amides is 3. The molecule has 4 N–H and O–H groups in total. The third-order valence-corrected chi connectivity index (χ3v) is 6.91. The summed E-state index contributed by atoms with van der Waals surface area (Å²) >= 11 is 0. The fraction of sp³-hybridized carbons (Fsp3) is 0.609. The van der Waals surface area contributed by atoms with E-state index in [2.05, 4.69) is 10.1 Å². The molecule has 0 unspecified atom stereocenters. The van der Waals surface area contributed by atoms with Crippen LogP contribution in [0.3, 0.4) is 0 Å². The van der Waals surface area contributed by atoms with Crippen LogP contribution in [-0.4, -0.2) is 61.9 Å². The quantitative estimate of drug-likeness (QED) is 0.475. The van der Waals surface area contributed by atoms with Gasteiger partial charge in [-0.2, -0.15) is 0 Å². The number of piperidine rings is 2. The molecule has 0 radical (unpaired) electrons. The molecule has 1 aromatic rings. The van der Waals surface area contributed by atoms with E-state index in [9.17, 15) is 32.7 Å². The maximum Gasteiger partial charge on any atom is 0.573 e. The molecule has 2 atom stereocenters. The molecule has 9 nitrogen and oxygen atoms in total. The topological polar surface area (TPSA) is 129 Å². The monoisotopic (exact) mass is 500 g/mol. The molecule has 0 aliphatic carbocycles. The van der Waals surface area contributed by atoms with Gasteiger partial charge >= 0.3 is 12.4 Å². The number of likely N-dealkylation sites (tertiary alicyclic amines) is 2. The number of benzene rings is 1. The van der Waals surface area contributed by atoms with E-state index in [0.29, 0.717) is 25.2 Å². The van der Waals surface area contributed by atoms with Gasteiger partial charge in [0.25, 0.3) is 0 Å². The molecular formula is C23H31F3N4O5. The first-order chi connectivity index (χ1) is 16.5. The van der Waals surface area contributed by atoms with E-state index in [0.717, 1.165) is 51.0 Å². The molecule has 12 heteroatoms. The third-order valence-electron chi connectivity index (χ3n) is 6.91. The highest BCUT2D eigenvalue weighted by Gasteiger charge is 2.34. The SMILES string of the molecule is NC(=O)C1CC[NH+](CC[C@H]2CN(C(=O)Nc3ccc(OC(F)(F)F)cc3)CC[C@H]2CC(=O)[O-])CC1. The number of carbonyl (C=O) groups excluding carboxylic acids is 3. The summed E-state index contributed by atoms with van der Waals surface area (Å²) in [6, 6.07) is 4.46. The molecular weight excluding hydrogens is 469 g/mol. The lowest BCUT2D eigenvalue weighted by atomic mass is 9.81. The van der Waals surface area contributed by atoms with Crippen LogP contribution < -0.4 is 25.8 Å². The molecule has 194 valence electrons. The number of nitrogens with zero attached hydrogens (tertiary/aromatic N) is 1. The molecule has 2 fully saturated rings. The number of hydrogen-bond acceptors (Lipinski definition) is 5. The molecule has 2 saturated heterocycles. The van der Waals surface area contributed by atoms with Gasteiger partial charge in [-0.15, -0.1) is 13.2 Å². The summed E-state index contributed by atoms with van der Waals surface area (Å²) in [7, 11) is 0. The van der Waals surface area contributed by atoms with Crippen molar-refractivity contribution < 1.29 is 42.3 Å².